The Morgan fingerprint density at radius 1 is 1.29 bits per heavy atom. The van der Waals surface area contributed by atoms with E-state index in [2.05, 4.69) is 10.3 Å². The van der Waals surface area contributed by atoms with E-state index in [0.717, 1.165) is 23.6 Å². The summed E-state index contributed by atoms with van der Waals surface area (Å²) in [5.74, 6) is 0.444. The predicted molar refractivity (Wildman–Crippen MR) is 109 cm³/mol. The van der Waals surface area contributed by atoms with Gasteiger partial charge in [0.15, 0.2) is 0 Å². The second-order valence-electron chi connectivity index (χ2n) is 6.81. The van der Waals surface area contributed by atoms with Gasteiger partial charge in [-0.1, -0.05) is 29.8 Å². The molecule has 7 heteroatoms. The van der Waals surface area contributed by atoms with Gasteiger partial charge >= 0.3 is 6.03 Å². The molecule has 1 N–H and O–H groups in total. The van der Waals surface area contributed by atoms with Crippen molar-refractivity contribution >= 4 is 39.8 Å². The van der Waals surface area contributed by atoms with Crippen LogP contribution >= 0.6 is 11.6 Å². The third kappa shape index (κ3) is 3.73. The molecule has 0 bridgehead atoms. The van der Waals surface area contributed by atoms with Crippen LogP contribution in [-0.4, -0.2) is 24.7 Å². The zero-order chi connectivity index (χ0) is 19.7. The molecule has 28 heavy (non-hydrogen) atoms. The van der Waals surface area contributed by atoms with Crippen LogP contribution in [0, 0.1) is 11.7 Å². The molecule has 0 spiro atoms. The molecule has 1 aromatic heterocycles. The predicted octanol–water partition coefficient (Wildman–Crippen LogP) is 5.48. The molecular formula is C21H19ClFN3O2. The largest absolute Gasteiger partial charge is 0.481 e. The molecule has 144 valence electrons. The average Bonchev–Trinajstić information content (AvgIpc) is 3.52. The number of anilines is 2. The van der Waals surface area contributed by atoms with Crippen molar-refractivity contribution in [1.29, 1.82) is 0 Å². The lowest BCUT2D eigenvalue weighted by molar-refractivity contribution is 0.256. The van der Waals surface area contributed by atoms with Gasteiger partial charge in [0.25, 0.3) is 0 Å². The number of ether oxygens (including phenoxy) is 1. The number of aromatic nitrogens is 1. The van der Waals surface area contributed by atoms with Gasteiger partial charge in [-0.25, -0.2) is 14.2 Å². The fraction of sp³-hybridized carbons (Fsp3) is 0.238. The van der Waals surface area contributed by atoms with Crippen molar-refractivity contribution in [2.24, 2.45) is 5.92 Å². The third-order valence-electron chi connectivity index (χ3n) is 4.78. The Balaban J connectivity index is 1.71. The van der Waals surface area contributed by atoms with Crippen LogP contribution in [0.1, 0.15) is 12.8 Å². The van der Waals surface area contributed by atoms with Crippen LogP contribution in [0.4, 0.5) is 20.6 Å². The minimum atomic E-state index is -0.528. The first kappa shape index (κ1) is 18.5. The van der Waals surface area contributed by atoms with E-state index in [1.54, 1.807) is 18.2 Å². The number of nitrogens with one attached hydrogen (secondary N) is 1. The molecule has 1 heterocycles. The van der Waals surface area contributed by atoms with Gasteiger partial charge in [-0.15, -0.1) is 0 Å². The van der Waals surface area contributed by atoms with Crippen LogP contribution in [0.3, 0.4) is 0 Å². The molecule has 4 rings (SSSR count). The first-order chi connectivity index (χ1) is 13.6. The minimum Gasteiger partial charge on any atom is -0.481 e. The zero-order valence-electron chi connectivity index (χ0n) is 15.3. The summed E-state index contributed by atoms with van der Waals surface area (Å²) in [6, 6.07) is 11.5. The molecule has 2 amide bonds. The third-order valence-corrected chi connectivity index (χ3v) is 5.07. The van der Waals surface area contributed by atoms with Gasteiger partial charge < -0.3 is 10.1 Å². The molecule has 1 saturated carbocycles. The van der Waals surface area contributed by atoms with Crippen molar-refractivity contribution in [1.82, 2.24) is 4.98 Å². The molecule has 5 nitrogen and oxygen atoms in total. The number of urea groups is 1. The minimum absolute atomic E-state index is 0.0388. The number of rotatable bonds is 5. The van der Waals surface area contributed by atoms with Crippen molar-refractivity contribution in [2.45, 2.75) is 12.8 Å². The molecule has 2 aromatic carbocycles. The van der Waals surface area contributed by atoms with Crippen LogP contribution in [0.15, 0.2) is 48.7 Å². The fourth-order valence-electron chi connectivity index (χ4n) is 3.14. The Bertz CT molecular complexity index is 1040. The summed E-state index contributed by atoms with van der Waals surface area (Å²) >= 11 is 5.84. The maximum absolute atomic E-state index is 13.4. The number of halogens is 2. The van der Waals surface area contributed by atoms with E-state index in [1.807, 2.05) is 24.3 Å². The van der Waals surface area contributed by atoms with Crippen molar-refractivity contribution in [3.05, 3.63) is 59.5 Å². The Morgan fingerprint density at radius 2 is 2.04 bits per heavy atom. The Hall–Kier alpha value is -2.86. The molecule has 0 radical (unpaired) electrons. The number of methoxy groups -OCH3 is 1. The van der Waals surface area contributed by atoms with E-state index in [9.17, 15) is 9.18 Å². The number of pyridine rings is 1. The fourth-order valence-corrected chi connectivity index (χ4v) is 3.32. The number of carbonyl (C=O) groups is 1. The molecule has 1 aliphatic rings. The van der Waals surface area contributed by atoms with Crippen LogP contribution in [0.2, 0.25) is 5.02 Å². The summed E-state index contributed by atoms with van der Waals surface area (Å²) in [4.78, 5) is 19.1. The van der Waals surface area contributed by atoms with E-state index in [-0.39, 0.29) is 11.1 Å². The Labute approximate surface area is 167 Å². The quantitative estimate of drug-likeness (QED) is 0.617. The molecule has 0 aliphatic heterocycles. The van der Waals surface area contributed by atoms with Gasteiger partial charge in [-0.3, -0.25) is 4.90 Å². The number of hydrogen-bond acceptors (Lipinski definition) is 3. The Morgan fingerprint density at radius 3 is 2.71 bits per heavy atom. The SMILES string of the molecule is COc1ncc(N(CC2CC2)C(=O)Nc2ccc(F)c(Cl)c2)c2ccccc12. The highest BCUT2D eigenvalue weighted by Gasteiger charge is 2.29. The van der Waals surface area contributed by atoms with E-state index in [1.165, 1.54) is 18.2 Å². The molecule has 0 unspecified atom stereocenters. The maximum atomic E-state index is 13.4. The standard InChI is InChI=1S/C21H19ClFN3O2/c1-28-20-16-5-3-2-4-15(16)19(11-24-20)26(12-13-6-7-13)21(27)25-14-8-9-18(23)17(22)10-14/h2-5,8-11,13H,6-7,12H2,1H3,(H,25,27). The highest BCUT2D eigenvalue weighted by Crippen LogP contribution is 2.36. The summed E-state index contributed by atoms with van der Waals surface area (Å²) in [7, 11) is 1.57. The molecular weight excluding hydrogens is 381 g/mol. The number of hydrogen-bond donors (Lipinski definition) is 1. The second-order valence-corrected chi connectivity index (χ2v) is 7.22. The van der Waals surface area contributed by atoms with Gasteiger partial charge in [0.1, 0.15) is 5.82 Å². The van der Waals surface area contributed by atoms with E-state index < -0.39 is 5.82 Å². The lowest BCUT2D eigenvalue weighted by Gasteiger charge is -2.25. The lowest BCUT2D eigenvalue weighted by atomic mass is 10.1. The number of benzene rings is 2. The summed E-state index contributed by atoms with van der Waals surface area (Å²) in [6.07, 6.45) is 3.84. The summed E-state index contributed by atoms with van der Waals surface area (Å²) in [5.41, 5.74) is 1.14. The van der Waals surface area contributed by atoms with Gasteiger partial charge in [0.2, 0.25) is 5.88 Å². The van der Waals surface area contributed by atoms with Gasteiger partial charge in [0.05, 0.1) is 24.0 Å². The molecule has 0 saturated heterocycles. The smallest absolute Gasteiger partial charge is 0.326 e. The van der Waals surface area contributed by atoms with Gasteiger partial charge in [-0.2, -0.15) is 0 Å². The Kier molecular flexibility index (Phi) is 5.05. The number of amides is 2. The van der Waals surface area contributed by atoms with Crippen molar-refractivity contribution in [3.63, 3.8) is 0 Å². The monoisotopic (exact) mass is 399 g/mol. The van der Waals surface area contributed by atoms with Crippen LogP contribution in [0.25, 0.3) is 10.8 Å². The molecule has 1 aliphatic carbocycles. The summed E-state index contributed by atoms with van der Waals surface area (Å²) < 4.78 is 18.8. The van der Waals surface area contributed by atoms with E-state index in [0.29, 0.717) is 29.7 Å². The zero-order valence-corrected chi connectivity index (χ0v) is 16.0. The number of fused-ring (bicyclic) bond motifs is 1. The molecule has 3 aromatic rings. The highest BCUT2D eigenvalue weighted by atomic mass is 35.5. The summed E-state index contributed by atoms with van der Waals surface area (Å²) in [6.45, 7) is 0.582. The highest BCUT2D eigenvalue weighted by molar-refractivity contribution is 6.31. The van der Waals surface area contributed by atoms with Crippen molar-refractivity contribution in [2.75, 3.05) is 23.9 Å². The molecule has 0 atom stereocenters. The topological polar surface area (TPSA) is 54.5 Å². The summed E-state index contributed by atoms with van der Waals surface area (Å²) in [5, 5.41) is 4.48. The van der Waals surface area contributed by atoms with Gasteiger partial charge in [0, 0.05) is 23.0 Å². The van der Waals surface area contributed by atoms with Crippen LogP contribution < -0.4 is 15.0 Å². The second kappa shape index (κ2) is 7.64. The number of carbonyl (C=O) groups excluding carboxylic acids is 1. The van der Waals surface area contributed by atoms with E-state index in [4.69, 9.17) is 16.3 Å². The van der Waals surface area contributed by atoms with Gasteiger partial charge in [-0.05, 0) is 43.0 Å². The first-order valence-electron chi connectivity index (χ1n) is 9.02. The van der Waals surface area contributed by atoms with Crippen molar-refractivity contribution in [3.8, 4) is 5.88 Å². The number of nitrogens with zero attached hydrogens (tertiary/aromatic N) is 2. The average molecular weight is 400 g/mol. The normalized spacial score (nSPS) is 13.4. The maximum Gasteiger partial charge on any atom is 0.326 e. The first-order valence-corrected chi connectivity index (χ1v) is 9.40. The van der Waals surface area contributed by atoms with Crippen LogP contribution in [-0.2, 0) is 0 Å². The van der Waals surface area contributed by atoms with Crippen molar-refractivity contribution < 1.29 is 13.9 Å². The van der Waals surface area contributed by atoms with E-state index >= 15 is 0 Å². The molecule has 1 fully saturated rings. The van der Waals surface area contributed by atoms with Crippen LogP contribution in [0.5, 0.6) is 5.88 Å². The lowest BCUT2D eigenvalue weighted by Crippen LogP contribution is -2.37.